The zero-order valence-electron chi connectivity index (χ0n) is 17.7. The van der Waals surface area contributed by atoms with Crippen molar-refractivity contribution in [3.63, 3.8) is 0 Å². The van der Waals surface area contributed by atoms with Crippen LogP contribution in [0.25, 0.3) is 21.5 Å². The predicted molar refractivity (Wildman–Crippen MR) is 132 cm³/mol. The van der Waals surface area contributed by atoms with Gasteiger partial charge in [0, 0.05) is 10.8 Å². The van der Waals surface area contributed by atoms with Crippen LogP contribution in [-0.4, -0.2) is 8.42 Å². The Kier molecular flexibility index (Phi) is 5.50. The summed E-state index contributed by atoms with van der Waals surface area (Å²) in [4.78, 5) is 0.707. The Morgan fingerprint density at radius 3 is 1.38 bits per heavy atom. The van der Waals surface area contributed by atoms with Crippen molar-refractivity contribution in [3.05, 3.63) is 120 Å². The third kappa shape index (κ3) is 3.80. The van der Waals surface area contributed by atoms with Crippen LogP contribution in [0, 0.1) is 0 Å². The molecule has 1 aliphatic rings. The van der Waals surface area contributed by atoms with Crippen molar-refractivity contribution in [1.29, 1.82) is 0 Å². The number of sulfone groups is 1. The first-order chi connectivity index (χ1) is 15.6. The van der Waals surface area contributed by atoms with Crippen molar-refractivity contribution in [3.8, 4) is 0 Å². The lowest BCUT2D eigenvalue weighted by atomic mass is 10.1. The monoisotopic (exact) mass is 436 g/mol. The Hall–Kier alpha value is -3.43. The van der Waals surface area contributed by atoms with Crippen LogP contribution in [-0.2, 0) is 22.7 Å². The van der Waals surface area contributed by atoms with Crippen molar-refractivity contribution in [2.45, 2.75) is 29.1 Å². The highest BCUT2D eigenvalue weighted by Crippen LogP contribution is 2.32. The Balaban J connectivity index is 0.000000199. The van der Waals surface area contributed by atoms with E-state index in [-0.39, 0.29) is 0 Å². The molecule has 0 N–H and O–H groups in total. The number of rotatable bonds is 2. The molecule has 2 nitrogen and oxygen atoms in total. The van der Waals surface area contributed by atoms with E-state index in [1.165, 1.54) is 19.3 Å². The first-order valence-corrected chi connectivity index (χ1v) is 12.4. The lowest BCUT2D eigenvalue weighted by molar-refractivity contribution is 0.598. The van der Waals surface area contributed by atoms with Crippen LogP contribution >= 0.6 is 0 Å². The molecule has 0 bridgehead atoms. The smallest absolute Gasteiger partial charge is 0.207 e. The molecule has 0 radical (unpaired) electrons. The molecular formula is C29H24O2S. The maximum Gasteiger partial charge on any atom is 0.207 e. The quantitative estimate of drug-likeness (QED) is 0.298. The lowest BCUT2D eigenvalue weighted by Gasteiger charge is -2.10. The first kappa shape index (κ1) is 20.5. The van der Waals surface area contributed by atoms with Crippen molar-refractivity contribution in [2.75, 3.05) is 0 Å². The van der Waals surface area contributed by atoms with Gasteiger partial charge in [0.05, 0.1) is 9.79 Å². The minimum Gasteiger partial charge on any atom is -0.218 e. The molecule has 0 amide bonds. The predicted octanol–water partition coefficient (Wildman–Crippen LogP) is 7.00. The van der Waals surface area contributed by atoms with Crippen LogP contribution < -0.4 is 0 Å². The molecule has 158 valence electrons. The summed E-state index contributed by atoms with van der Waals surface area (Å²) in [5.74, 6) is 0. The van der Waals surface area contributed by atoms with E-state index in [9.17, 15) is 8.42 Å². The molecule has 0 aliphatic heterocycles. The largest absolute Gasteiger partial charge is 0.218 e. The van der Waals surface area contributed by atoms with E-state index in [4.69, 9.17) is 0 Å². The highest BCUT2D eigenvalue weighted by atomic mass is 32.2. The summed E-state index contributed by atoms with van der Waals surface area (Å²) in [5.41, 5.74) is 3.13. The fraction of sp³-hybridized carbons (Fsp3) is 0.103. The third-order valence-corrected chi connectivity index (χ3v) is 7.96. The fourth-order valence-electron chi connectivity index (χ4n) is 4.49. The van der Waals surface area contributed by atoms with Gasteiger partial charge in [0.15, 0.2) is 0 Å². The van der Waals surface area contributed by atoms with E-state index < -0.39 is 9.84 Å². The van der Waals surface area contributed by atoms with Crippen molar-refractivity contribution in [1.82, 2.24) is 0 Å². The standard InChI is InChI=1S/C20H14O2S.C9H10/c21-23(22,19-13-5-9-15-7-1-3-11-17(15)19)20-14-6-10-16-8-2-4-12-18(16)20;1-2-5-9-7-3-6-8(9)4-1/h1-14H;1-2,4-5H,3,6-7H2. The molecule has 0 unspecified atom stereocenters. The van der Waals surface area contributed by atoms with Crippen LogP contribution in [0.15, 0.2) is 119 Å². The molecule has 0 spiro atoms. The number of hydrogen-bond acceptors (Lipinski definition) is 2. The Morgan fingerprint density at radius 1 is 0.469 bits per heavy atom. The zero-order valence-corrected chi connectivity index (χ0v) is 18.6. The van der Waals surface area contributed by atoms with E-state index in [0.717, 1.165) is 21.5 Å². The summed E-state index contributed by atoms with van der Waals surface area (Å²) in [6, 6.07) is 34.7. The van der Waals surface area contributed by atoms with Gasteiger partial charge >= 0.3 is 0 Å². The molecule has 0 fully saturated rings. The Bertz CT molecular complexity index is 1400. The van der Waals surface area contributed by atoms with Crippen molar-refractivity contribution >= 4 is 31.4 Å². The van der Waals surface area contributed by atoms with Crippen molar-refractivity contribution in [2.24, 2.45) is 0 Å². The van der Waals surface area contributed by atoms with Gasteiger partial charge in [0.1, 0.15) is 0 Å². The van der Waals surface area contributed by atoms with E-state index in [1.807, 2.05) is 60.7 Å². The van der Waals surface area contributed by atoms with Crippen LogP contribution in [0.1, 0.15) is 17.5 Å². The van der Waals surface area contributed by atoms with Gasteiger partial charge in [-0.2, -0.15) is 0 Å². The summed E-state index contributed by atoms with van der Waals surface area (Å²) >= 11 is 0. The molecule has 3 heteroatoms. The number of benzene rings is 5. The maximum absolute atomic E-state index is 13.3. The van der Waals surface area contributed by atoms with Gasteiger partial charge in [-0.25, -0.2) is 8.42 Å². The zero-order chi connectivity index (χ0) is 22.0. The molecule has 5 aromatic carbocycles. The molecule has 32 heavy (non-hydrogen) atoms. The maximum atomic E-state index is 13.3. The molecule has 0 saturated carbocycles. The van der Waals surface area contributed by atoms with Crippen molar-refractivity contribution < 1.29 is 8.42 Å². The highest BCUT2D eigenvalue weighted by molar-refractivity contribution is 7.92. The molecule has 0 atom stereocenters. The molecule has 0 heterocycles. The first-order valence-electron chi connectivity index (χ1n) is 10.9. The summed E-state index contributed by atoms with van der Waals surface area (Å²) in [5, 5.41) is 3.36. The third-order valence-electron chi connectivity index (χ3n) is 6.09. The molecule has 1 aliphatic carbocycles. The van der Waals surface area contributed by atoms with Crippen LogP contribution in [0.2, 0.25) is 0 Å². The Labute approximate surface area is 189 Å². The normalized spacial score (nSPS) is 12.9. The number of fused-ring (bicyclic) bond motifs is 3. The van der Waals surface area contributed by atoms with E-state index in [0.29, 0.717) is 9.79 Å². The fourth-order valence-corrected chi connectivity index (χ4v) is 6.20. The van der Waals surface area contributed by atoms with Gasteiger partial charge in [-0.05, 0) is 53.3 Å². The minimum absolute atomic E-state index is 0.354. The summed E-state index contributed by atoms with van der Waals surface area (Å²) in [7, 11) is -3.59. The highest BCUT2D eigenvalue weighted by Gasteiger charge is 2.22. The molecule has 6 rings (SSSR count). The van der Waals surface area contributed by atoms with Gasteiger partial charge in [0.25, 0.3) is 0 Å². The lowest BCUT2D eigenvalue weighted by Crippen LogP contribution is -2.03. The van der Waals surface area contributed by atoms with Gasteiger partial charge in [-0.1, -0.05) is 97.1 Å². The Morgan fingerprint density at radius 2 is 0.875 bits per heavy atom. The second kappa shape index (κ2) is 8.60. The van der Waals surface area contributed by atoms with E-state index in [2.05, 4.69) is 24.3 Å². The van der Waals surface area contributed by atoms with Gasteiger partial charge in [-0.15, -0.1) is 0 Å². The summed E-state index contributed by atoms with van der Waals surface area (Å²) in [6.45, 7) is 0. The van der Waals surface area contributed by atoms with Crippen LogP contribution in [0.3, 0.4) is 0 Å². The second-order valence-electron chi connectivity index (χ2n) is 8.08. The topological polar surface area (TPSA) is 34.1 Å². The molecule has 0 saturated heterocycles. The van der Waals surface area contributed by atoms with Gasteiger partial charge in [-0.3, -0.25) is 0 Å². The van der Waals surface area contributed by atoms with E-state index >= 15 is 0 Å². The summed E-state index contributed by atoms with van der Waals surface area (Å²) < 4.78 is 26.5. The summed E-state index contributed by atoms with van der Waals surface area (Å²) in [6.07, 6.45) is 3.96. The second-order valence-corrected chi connectivity index (χ2v) is 9.97. The average molecular weight is 437 g/mol. The number of aryl methyl sites for hydroxylation is 2. The van der Waals surface area contributed by atoms with Crippen LogP contribution in [0.4, 0.5) is 0 Å². The molecular weight excluding hydrogens is 412 g/mol. The number of hydrogen-bond donors (Lipinski definition) is 0. The SMILES string of the molecule is O=S(=O)(c1cccc2ccccc12)c1cccc2ccccc12.c1ccc2c(c1)CCC2. The van der Waals surface area contributed by atoms with Gasteiger partial charge in [0.2, 0.25) is 9.84 Å². The van der Waals surface area contributed by atoms with Gasteiger partial charge < -0.3 is 0 Å². The average Bonchev–Trinajstić information content (AvgIpc) is 3.33. The minimum atomic E-state index is -3.59. The van der Waals surface area contributed by atoms with Crippen LogP contribution in [0.5, 0.6) is 0 Å². The molecule has 0 aromatic heterocycles. The van der Waals surface area contributed by atoms with E-state index in [1.54, 1.807) is 35.4 Å². The molecule has 5 aromatic rings.